The number of allylic oxidation sites excluding steroid dienone is 6. The Morgan fingerprint density at radius 1 is 0.346 bits per heavy atom. The average molecular weight is 1140 g/mol. The van der Waals surface area contributed by atoms with Gasteiger partial charge in [0.2, 0.25) is 5.91 Å². The number of rotatable bonds is 69. The van der Waals surface area contributed by atoms with E-state index in [4.69, 9.17) is 4.74 Å². The van der Waals surface area contributed by atoms with Gasteiger partial charge in [0.05, 0.1) is 25.4 Å². The molecule has 6 nitrogen and oxygen atoms in total. The summed E-state index contributed by atoms with van der Waals surface area (Å²) in [6.07, 6.45) is 90.5. The topological polar surface area (TPSA) is 95.9 Å². The lowest BCUT2D eigenvalue weighted by molar-refractivity contribution is -0.143. The molecule has 0 heterocycles. The average Bonchev–Trinajstić information content (AvgIpc) is 3.47. The molecular weight excluding hydrogens is 995 g/mol. The van der Waals surface area contributed by atoms with Gasteiger partial charge in [0, 0.05) is 12.8 Å². The molecule has 0 aromatic heterocycles. The molecule has 0 saturated carbocycles. The predicted octanol–water partition coefficient (Wildman–Crippen LogP) is 23.9. The minimum Gasteiger partial charge on any atom is -0.466 e. The molecule has 6 heteroatoms. The van der Waals surface area contributed by atoms with Gasteiger partial charge in [-0.2, -0.15) is 0 Å². The van der Waals surface area contributed by atoms with Crippen molar-refractivity contribution in [1.29, 1.82) is 0 Å². The van der Waals surface area contributed by atoms with Crippen molar-refractivity contribution in [2.75, 3.05) is 13.2 Å². The van der Waals surface area contributed by atoms with Crippen LogP contribution in [0.3, 0.4) is 0 Å². The molecule has 2 unspecified atom stereocenters. The van der Waals surface area contributed by atoms with Crippen molar-refractivity contribution < 1.29 is 24.5 Å². The van der Waals surface area contributed by atoms with Crippen LogP contribution in [0.2, 0.25) is 0 Å². The van der Waals surface area contributed by atoms with E-state index in [1.807, 2.05) is 0 Å². The van der Waals surface area contributed by atoms with Crippen LogP contribution in [0.1, 0.15) is 406 Å². The number of nitrogens with one attached hydrogen (secondary N) is 1. The summed E-state index contributed by atoms with van der Waals surface area (Å²) in [7, 11) is 0. The van der Waals surface area contributed by atoms with Crippen LogP contribution in [0.25, 0.3) is 0 Å². The summed E-state index contributed by atoms with van der Waals surface area (Å²) in [4.78, 5) is 24.7. The summed E-state index contributed by atoms with van der Waals surface area (Å²) in [6, 6.07) is -0.550. The van der Waals surface area contributed by atoms with Crippen molar-refractivity contribution in [1.82, 2.24) is 5.32 Å². The molecule has 3 N–H and O–H groups in total. The van der Waals surface area contributed by atoms with E-state index in [9.17, 15) is 19.8 Å². The van der Waals surface area contributed by atoms with Gasteiger partial charge in [0.15, 0.2) is 0 Å². The molecule has 478 valence electrons. The summed E-state index contributed by atoms with van der Waals surface area (Å²) in [5.41, 5.74) is 0. The van der Waals surface area contributed by atoms with E-state index in [1.54, 1.807) is 0 Å². The number of ether oxygens (including phenoxy) is 1. The quantitative estimate of drug-likeness (QED) is 0.0320. The Balaban J connectivity index is 3.42. The van der Waals surface area contributed by atoms with Crippen LogP contribution < -0.4 is 5.32 Å². The molecule has 0 aliphatic rings. The third-order valence-electron chi connectivity index (χ3n) is 17.2. The number of carbonyl (C=O) groups is 2. The van der Waals surface area contributed by atoms with Gasteiger partial charge in [-0.1, -0.05) is 346 Å². The fourth-order valence-corrected chi connectivity index (χ4v) is 11.6. The molecule has 0 saturated heterocycles. The number of unbranched alkanes of at least 4 members (excludes halogenated alkanes) is 52. The molecule has 0 aliphatic carbocycles. The van der Waals surface area contributed by atoms with Crippen LogP contribution in [0.4, 0.5) is 0 Å². The summed E-state index contributed by atoms with van der Waals surface area (Å²) >= 11 is 0. The first-order chi connectivity index (χ1) is 40.0. The van der Waals surface area contributed by atoms with E-state index in [0.29, 0.717) is 25.9 Å². The zero-order chi connectivity index (χ0) is 58.5. The first-order valence-corrected chi connectivity index (χ1v) is 36.7. The minimum absolute atomic E-state index is 0.00181. The van der Waals surface area contributed by atoms with Gasteiger partial charge < -0.3 is 20.3 Å². The second kappa shape index (κ2) is 70.6. The Hall–Kier alpha value is -1.92. The monoisotopic (exact) mass is 1140 g/mol. The van der Waals surface area contributed by atoms with E-state index >= 15 is 0 Å². The Morgan fingerprint density at radius 3 is 0.963 bits per heavy atom. The fourth-order valence-electron chi connectivity index (χ4n) is 11.6. The van der Waals surface area contributed by atoms with E-state index in [0.717, 1.165) is 51.4 Å². The number of aliphatic hydroxyl groups excluding tert-OH is 2. The molecule has 0 bridgehead atoms. The fraction of sp³-hybridized carbons (Fsp3) is 0.893. The lowest BCUT2D eigenvalue weighted by atomic mass is 10.0. The third kappa shape index (κ3) is 67.1. The number of carbonyl (C=O) groups excluding carboxylic acids is 2. The maximum atomic E-state index is 12.6. The molecule has 2 atom stereocenters. The van der Waals surface area contributed by atoms with Crippen molar-refractivity contribution in [2.24, 2.45) is 0 Å². The third-order valence-corrected chi connectivity index (χ3v) is 17.2. The highest BCUT2D eigenvalue weighted by atomic mass is 16.5. The number of esters is 1. The molecule has 0 rings (SSSR count). The minimum atomic E-state index is -0.672. The number of hydrogen-bond donors (Lipinski definition) is 3. The van der Waals surface area contributed by atoms with Crippen LogP contribution in [0.5, 0.6) is 0 Å². The van der Waals surface area contributed by atoms with Gasteiger partial charge >= 0.3 is 5.97 Å². The van der Waals surface area contributed by atoms with Crippen LogP contribution in [-0.4, -0.2) is 47.4 Å². The Kier molecular flexibility index (Phi) is 68.9. The highest BCUT2D eigenvalue weighted by Crippen LogP contribution is 2.19. The second-order valence-electron chi connectivity index (χ2n) is 25.3. The molecule has 0 fully saturated rings. The van der Waals surface area contributed by atoms with Crippen molar-refractivity contribution in [3.8, 4) is 0 Å². The zero-order valence-corrected chi connectivity index (χ0v) is 54.8. The summed E-state index contributed by atoms with van der Waals surface area (Å²) < 4.78 is 5.50. The lowest BCUT2D eigenvalue weighted by Gasteiger charge is -2.22. The van der Waals surface area contributed by atoms with Crippen molar-refractivity contribution in [3.05, 3.63) is 36.5 Å². The lowest BCUT2D eigenvalue weighted by Crippen LogP contribution is -2.45. The molecule has 0 aromatic rings. The summed E-state index contributed by atoms with van der Waals surface area (Å²) in [5.74, 6) is -0.0366. The van der Waals surface area contributed by atoms with Crippen molar-refractivity contribution >= 4 is 11.9 Å². The van der Waals surface area contributed by atoms with Gasteiger partial charge in [-0.15, -0.1) is 0 Å². The zero-order valence-electron chi connectivity index (χ0n) is 54.8. The van der Waals surface area contributed by atoms with Gasteiger partial charge in [-0.05, 0) is 83.5 Å². The van der Waals surface area contributed by atoms with Crippen molar-refractivity contribution in [2.45, 2.75) is 418 Å². The molecule has 1 amide bonds. The van der Waals surface area contributed by atoms with Crippen LogP contribution in [0, 0.1) is 0 Å². The summed E-state index contributed by atoms with van der Waals surface area (Å²) in [5, 5.41) is 23.5. The van der Waals surface area contributed by atoms with E-state index in [1.165, 1.54) is 321 Å². The first kappa shape index (κ1) is 79.1. The Bertz CT molecular complexity index is 1310. The van der Waals surface area contributed by atoms with Crippen LogP contribution in [-0.2, 0) is 14.3 Å². The highest BCUT2D eigenvalue weighted by molar-refractivity contribution is 5.76. The number of amides is 1. The van der Waals surface area contributed by atoms with Gasteiger partial charge in [0.25, 0.3) is 0 Å². The smallest absolute Gasteiger partial charge is 0.305 e. The maximum Gasteiger partial charge on any atom is 0.305 e. The number of hydrogen-bond acceptors (Lipinski definition) is 5. The van der Waals surface area contributed by atoms with E-state index in [2.05, 4.69) is 55.6 Å². The molecule has 0 spiro atoms. The Labute approximate surface area is 506 Å². The largest absolute Gasteiger partial charge is 0.466 e. The van der Waals surface area contributed by atoms with Gasteiger partial charge in [-0.25, -0.2) is 0 Å². The van der Waals surface area contributed by atoms with Gasteiger partial charge in [0.1, 0.15) is 0 Å². The maximum absolute atomic E-state index is 12.6. The molecule has 0 aliphatic heterocycles. The summed E-state index contributed by atoms with van der Waals surface area (Å²) in [6.45, 7) is 4.96. The van der Waals surface area contributed by atoms with E-state index in [-0.39, 0.29) is 18.5 Å². The van der Waals surface area contributed by atoms with Crippen LogP contribution in [0.15, 0.2) is 36.5 Å². The highest BCUT2D eigenvalue weighted by Gasteiger charge is 2.20. The predicted molar refractivity (Wildman–Crippen MR) is 356 cm³/mol. The normalized spacial score (nSPS) is 12.7. The second-order valence-corrected chi connectivity index (χ2v) is 25.3. The molecule has 81 heavy (non-hydrogen) atoms. The SMILES string of the molecule is CCCCCC/C=C\C/C=C\CCCCCCCCCC(=O)OCCCCCCCCCCCC/C=C\CCCCCCCCCC(=O)NC(CO)C(O)CCCCCCCCCCCCCCCCCCCCCCCCCCC. The molecular formula is C75H143NO5. The Morgan fingerprint density at radius 2 is 0.617 bits per heavy atom. The molecule has 0 radical (unpaired) electrons. The number of aliphatic hydroxyl groups is 2. The first-order valence-electron chi connectivity index (χ1n) is 36.7. The standard InChI is InChI=1S/C75H143NO5/c1-3-5-7-9-11-13-15-17-19-21-23-24-25-26-27-29-32-35-39-43-47-51-55-59-63-67-73(78)72(71-77)76-74(79)68-64-60-56-52-48-44-40-36-33-30-28-31-34-38-42-46-50-54-58-62-66-70-81-75(80)69-65-61-57-53-49-45-41-37-22-20-18-16-14-12-10-8-6-4-2/h14,16,20,22,30,33,72-73,77-78H,3-13,15,17-19,21,23-29,31-32,34-71H2,1-2H3,(H,76,79)/b16-14-,22-20-,33-30-. The van der Waals surface area contributed by atoms with E-state index < -0.39 is 12.1 Å². The van der Waals surface area contributed by atoms with Crippen molar-refractivity contribution in [3.63, 3.8) is 0 Å². The molecule has 0 aromatic carbocycles. The van der Waals surface area contributed by atoms with Gasteiger partial charge in [-0.3, -0.25) is 9.59 Å². The van der Waals surface area contributed by atoms with Crippen LogP contribution >= 0.6 is 0 Å².